The number of amides is 1. The van der Waals surface area contributed by atoms with Gasteiger partial charge in [-0.05, 0) is 32.1 Å². The van der Waals surface area contributed by atoms with E-state index in [2.05, 4.69) is 20.6 Å². The van der Waals surface area contributed by atoms with Crippen LogP contribution < -0.4 is 16.0 Å². The second-order valence-electron chi connectivity index (χ2n) is 6.13. The van der Waals surface area contributed by atoms with Crippen molar-refractivity contribution in [3.63, 3.8) is 0 Å². The molecule has 2 unspecified atom stereocenters. The average molecular weight is 381 g/mol. The number of carbonyl (C=O) groups is 1. The van der Waals surface area contributed by atoms with Crippen LogP contribution in [0.3, 0.4) is 0 Å². The number of nitrogens with one attached hydrogen (secondary N) is 1. The van der Waals surface area contributed by atoms with E-state index in [9.17, 15) is 4.79 Å². The number of carbonyl (C=O) groups excluding carboxylic acids is 1. The predicted molar refractivity (Wildman–Crippen MR) is 100 cm³/mol. The number of halogens is 2. The van der Waals surface area contributed by atoms with E-state index in [1.165, 1.54) is 12.8 Å². The largest absolute Gasteiger partial charge is 0.355 e. The average Bonchev–Trinajstić information content (AvgIpc) is 3.19. The topological polar surface area (TPSA) is 71.2 Å². The molecule has 2 heterocycles. The fourth-order valence-corrected chi connectivity index (χ4v) is 4.09. The molecule has 0 radical (unpaired) electrons. The van der Waals surface area contributed by atoms with Gasteiger partial charge in [0.15, 0.2) is 5.13 Å². The molecule has 1 amide bonds. The standard InChI is InChI=1S/C15H24N4OS.2ClH/c16-12-4-3-11(9-12)14(20)17-6-5-13-10-21-15(18-13)19-7-1-2-8-19;;/h10-12H,1-9,16H2,(H,17,20);2*1H. The van der Waals surface area contributed by atoms with Gasteiger partial charge in [-0.3, -0.25) is 4.79 Å². The molecule has 0 bridgehead atoms. The number of anilines is 1. The molecule has 5 nitrogen and oxygen atoms in total. The van der Waals surface area contributed by atoms with E-state index in [4.69, 9.17) is 5.73 Å². The summed E-state index contributed by atoms with van der Waals surface area (Å²) in [5.41, 5.74) is 6.94. The van der Waals surface area contributed by atoms with Crippen LogP contribution in [-0.4, -0.2) is 36.6 Å². The highest BCUT2D eigenvalue weighted by Gasteiger charge is 2.27. The molecule has 3 rings (SSSR count). The first-order valence-electron chi connectivity index (χ1n) is 7.95. The molecule has 1 aliphatic heterocycles. The molecule has 23 heavy (non-hydrogen) atoms. The molecule has 1 saturated carbocycles. The van der Waals surface area contributed by atoms with E-state index in [-0.39, 0.29) is 42.7 Å². The summed E-state index contributed by atoms with van der Waals surface area (Å²) in [6.07, 6.45) is 6.10. The van der Waals surface area contributed by atoms with Crippen molar-refractivity contribution < 1.29 is 4.79 Å². The van der Waals surface area contributed by atoms with Crippen molar-refractivity contribution in [3.05, 3.63) is 11.1 Å². The van der Waals surface area contributed by atoms with Crippen LogP contribution in [0.2, 0.25) is 0 Å². The molecule has 1 saturated heterocycles. The van der Waals surface area contributed by atoms with Crippen molar-refractivity contribution in [2.75, 3.05) is 24.5 Å². The number of aromatic nitrogens is 1. The Hall–Kier alpha value is -0.560. The summed E-state index contributed by atoms with van der Waals surface area (Å²) >= 11 is 1.72. The summed E-state index contributed by atoms with van der Waals surface area (Å²) in [6.45, 7) is 2.94. The Morgan fingerprint density at radius 2 is 2.09 bits per heavy atom. The molecule has 3 N–H and O–H groups in total. The number of hydrogen-bond donors (Lipinski definition) is 2. The maximum absolute atomic E-state index is 12.0. The van der Waals surface area contributed by atoms with Gasteiger partial charge >= 0.3 is 0 Å². The highest BCUT2D eigenvalue weighted by Crippen LogP contribution is 2.25. The Balaban J connectivity index is 0.00000132. The van der Waals surface area contributed by atoms with Crippen LogP contribution in [0.5, 0.6) is 0 Å². The summed E-state index contributed by atoms with van der Waals surface area (Å²) in [5.74, 6) is 0.286. The summed E-state index contributed by atoms with van der Waals surface area (Å²) < 4.78 is 0. The van der Waals surface area contributed by atoms with Gasteiger partial charge in [0.1, 0.15) is 0 Å². The van der Waals surface area contributed by atoms with Crippen LogP contribution in [0.1, 0.15) is 37.8 Å². The first kappa shape index (κ1) is 20.5. The monoisotopic (exact) mass is 380 g/mol. The second-order valence-corrected chi connectivity index (χ2v) is 6.96. The third kappa shape index (κ3) is 5.48. The van der Waals surface area contributed by atoms with Gasteiger partial charge in [-0.15, -0.1) is 36.2 Å². The molecule has 2 aliphatic rings. The van der Waals surface area contributed by atoms with Gasteiger partial charge in [0, 0.05) is 43.4 Å². The molecule has 1 aliphatic carbocycles. The highest BCUT2D eigenvalue weighted by atomic mass is 35.5. The summed E-state index contributed by atoms with van der Waals surface area (Å²) in [4.78, 5) is 19.0. The molecule has 132 valence electrons. The molecule has 1 aromatic heterocycles. The summed E-state index contributed by atoms with van der Waals surface area (Å²) in [7, 11) is 0. The molecular weight excluding hydrogens is 355 g/mol. The van der Waals surface area contributed by atoms with Gasteiger partial charge in [-0.2, -0.15) is 0 Å². The van der Waals surface area contributed by atoms with Gasteiger partial charge in [-0.1, -0.05) is 0 Å². The van der Waals surface area contributed by atoms with Gasteiger partial charge < -0.3 is 16.0 Å². The zero-order chi connectivity index (χ0) is 14.7. The minimum absolute atomic E-state index is 0. The smallest absolute Gasteiger partial charge is 0.223 e. The zero-order valence-corrected chi connectivity index (χ0v) is 15.7. The van der Waals surface area contributed by atoms with Crippen LogP contribution in [0, 0.1) is 5.92 Å². The van der Waals surface area contributed by atoms with Gasteiger partial charge in [0.25, 0.3) is 0 Å². The Bertz CT molecular complexity index is 494. The minimum Gasteiger partial charge on any atom is -0.355 e. The molecular formula is C15H26Cl2N4OS. The van der Waals surface area contributed by atoms with E-state index >= 15 is 0 Å². The van der Waals surface area contributed by atoms with E-state index in [0.29, 0.717) is 6.54 Å². The fourth-order valence-electron chi connectivity index (χ4n) is 3.18. The van der Waals surface area contributed by atoms with Crippen molar-refractivity contribution in [1.29, 1.82) is 0 Å². The van der Waals surface area contributed by atoms with Crippen molar-refractivity contribution >= 4 is 47.2 Å². The van der Waals surface area contributed by atoms with Gasteiger partial charge in [0.2, 0.25) is 5.91 Å². The van der Waals surface area contributed by atoms with Crippen molar-refractivity contribution in [1.82, 2.24) is 10.3 Å². The second kappa shape index (κ2) is 9.67. The lowest BCUT2D eigenvalue weighted by molar-refractivity contribution is -0.124. The van der Waals surface area contributed by atoms with Crippen LogP contribution in [-0.2, 0) is 11.2 Å². The molecule has 2 atom stereocenters. The third-order valence-corrected chi connectivity index (χ3v) is 5.39. The Morgan fingerprint density at radius 3 is 2.74 bits per heavy atom. The van der Waals surface area contributed by atoms with Crippen molar-refractivity contribution in [2.24, 2.45) is 11.7 Å². The maximum Gasteiger partial charge on any atom is 0.223 e. The predicted octanol–water partition coefficient (Wildman–Crippen LogP) is 2.37. The minimum atomic E-state index is 0. The number of rotatable bonds is 5. The van der Waals surface area contributed by atoms with E-state index in [1.54, 1.807) is 11.3 Å². The first-order valence-corrected chi connectivity index (χ1v) is 8.83. The Kier molecular flexibility index (Phi) is 8.61. The fraction of sp³-hybridized carbons (Fsp3) is 0.733. The Morgan fingerprint density at radius 1 is 1.35 bits per heavy atom. The molecule has 0 spiro atoms. The van der Waals surface area contributed by atoms with Crippen LogP contribution in [0.15, 0.2) is 5.38 Å². The first-order chi connectivity index (χ1) is 10.2. The number of hydrogen-bond acceptors (Lipinski definition) is 5. The third-order valence-electron chi connectivity index (χ3n) is 4.44. The maximum atomic E-state index is 12.0. The van der Waals surface area contributed by atoms with Crippen molar-refractivity contribution in [3.8, 4) is 0 Å². The van der Waals surface area contributed by atoms with E-state index in [0.717, 1.165) is 49.6 Å². The molecule has 0 aromatic carbocycles. The van der Waals surface area contributed by atoms with Gasteiger partial charge in [0.05, 0.1) is 5.69 Å². The van der Waals surface area contributed by atoms with E-state index < -0.39 is 0 Å². The quantitative estimate of drug-likeness (QED) is 0.822. The summed E-state index contributed by atoms with van der Waals surface area (Å²) in [5, 5.41) is 6.28. The lowest BCUT2D eigenvalue weighted by Crippen LogP contribution is -2.32. The molecule has 1 aromatic rings. The van der Waals surface area contributed by atoms with E-state index in [1.807, 2.05) is 0 Å². The van der Waals surface area contributed by atoms with Crippen LogP contribution in [0.4, 0.5) is 5.13 Å². The van der Waals surface area contributed by atoms with Crippen LogP contribution in [0.25, 0.3) is 0 Å². The highest BCUT2D eigenvalue weighted by molar-refractivity contribution is 7.13. The lowest BCUT2D eigenvalue weighted by atomic mass is 10.1. The number of nitrogens with two attached hydrogens (primary N) is 1. The molecule has 8 heteroatoms. The van der Waals surface area contributed by atoms with Gasteiger partial charge in [-0.25, -0.2) is 4.98 Å². The number of nitrogens with zero attached hydrogens (tertiary/aromatic N) is 2. The van der Waals surface area contributed by atoms with Crippen LogP contribution >= 0.6 is 36.2 Å². The summed E-state index contributed by atoms with van der Waals surface area (Å²) in [6, 6.07) is 0.210. The molecule has 2 fully saturated rings. The Labute approximate surface area is 154 Å². The SMILES string of the molecule is Cl.Cl.NC1CCC(C(=O)NCCc2csc(N3CCCC3)n2)C1. The lowest BCUT2D eigenvalue weighted by Gasteiger charge is -2.12. The van der Waals surface area contributed by atoms with Crippen molar-refractivity contribution in [2.45, 2.75) is 44.6 Å². The normalized spacial score (nSPS) is 23.3. The number of thiazole rings is 1. The zero-order valence-electron chi connectivity index (χ0n) is 13.2.